The van der Waals surface area contributed by atoms with Gasteiger partial charge in [0.1, 0.15) is 22.4 Å². The maximum absolute atomic E-state index is 4.26. The van der Waals surface area contributed by atoms with Gasteiger partial charge in [-0.25, -0.2) is 9.97 Å². The molecule has 1 unspecified atom stereocenters. The lowest BCUT2D eigenvalue weighted by Crippen LogP contribution is -2.15. The van der Waals surface area contributed by atoms with E-state index in [0.29, 0.717) is 0 Å². The van der Waals surface area contributed by atoms with Crippen molar-refractivity contribution in [3.63, 3.8) is 0 Å². The first-order valence-corrected chi connectivity index (χ1v) is 7.75. The summed E-state index contributed by atoms with van der Waals surface area (Å²) in [7, 11) is 0. The summed E-state index contributed by atoms with van der Waals surface area (Å²) in [5, 5.41) is 7.32. The molecule has 6 heteroatoms. The minimum Gasteiger partial charge on any atom is -0.369 e. The van der Waals surface area contributed by atoms with E-state index in [0.717, 1.165) is 34.4 Å². The van der Waals surface area contributed by atoms with Crippen molar-refractivity contribution in [1.82, 2.24) is 9.97 Å². The Kier molecular flexibility index (Phi) is 4.91. The number of anilines is 2. The van der Waals surface area contributed by atoms with Crippen molar-refractivity contribution in [3.05, 3.63) is 10.8 Å². The molecule has 94 valence electrons. The highest BCUT2D eigenvalue weighted by molar-refractivity contribution is 9.10. The molecule has 1 aromatic heterocycles. The summed E-state index contributed by atoms with van der Waals surface area (Å²) in [4.78, 5) is 8.46. The highest BCUT2D eigenvalue weighted by Crippen LogP contribution is 2.29. The van der Waals surface area contributed by atoms with Crippen molar-refractivity contribution in [3.8, 4) is 0 Å². The zero-order valence-electron chi connectivity index (χ0n) is 9.87. The average Bonchev–Trinajstić information content (AvgIpc) is 2.83. The number of rotatable bonds is 5. The van der Waals surface area contributed by atoms with Crippen LogP contribution in [0.3, 0.4) is 0 Å². The fourth-order valence-corrected chi connectivity index (χ4v) is 3.49. The van der Waals surface area contributed by atoms with Crippen LogP contribution in [-0.4, -0.2) is 34.1 Å². The van der Waals surface area contributed by atoms with Crippen LogP contribution in [0, 0.1) is 0 Å². The summed E-state index contributed by atoms with van der Waals surface area (Å²) in [6, 6.07) is 0. The van der Waals surface area contributed by atoms with E-state index in [1.165, 1.54) is 18.6 Å². The summed E-state index contributed by atoms with van der Waals surface area (Å²) < 4.78 is 0.921. The third kappa shape index (κ3) is 3.48. The molecule has 2 rings (SSSR count). The Hall–Kier alpha value is -0.490. The molecule has 0 saturated carbocycles. The molecule has 1 aliphatic rings. The summed E-state index contributed by atoms with van der Waals surface area (Å²) in [5.41, 5.74) is 0. The van der Waals surface area contributed by atoms with Gasteiger partial charge in [-0.15, -0.1) is 0 Å². The van der Waals surface area contributed by atoms with Gasteiger partial charge in [0.15, 0.2) is 0 Å². The van der Waals surface area contributed by atoms with Crippen molar-refractivity contribution >= 4 is 39.3 Å². The van der Waals surface area contributed by atoms with E-state index in [9.17, 15) is 0 Å². The number of halogens is 1. The molecule has 0 bridgehead atoms. The number of aromatic nitrogens is 2. The molecule has 2 N–H and O–H groups in total. The highest BCUT2D eigenvalue weighted by atomic mass is 79.9. The van der Waals surface area contributed by atoms with Crippen LogP contribution in [0.2, 0.25) is 0 Å². The second-order valence-electron chi connectivity index (χ2n) is 3.93. The Labute approximate surface area is 115 Å². The van der Waals surface area contributed by atoms with E-state index in [1.807, 2.05) is 11.8 Å². The topological polar surface area (TPSA) is 49.8 Å². The van der Waals surface area contributed by atoms with Crippen molar-refractivity contribution in [2.45, 2.75) is 25.0 Å². The van der Waals surface area contributed by atoms with Crippen molar-refractivity contribution in [2.75, 3.05) is 29.5 Å². The molecule has 0 aliphatic carbocycles. The van der Waals surface area contributed by atoms with Gasteiger partial charge in [0.2, 0.25) is 0 Å². The Morgan fingerprint density at radius 1 is 1.41 bits per heavy atom. The SMILES string of the molecule is CCNc1ncnc(NCC2CCCS2)c1Br. The zero-order chi connectivity index (χ0) is 12.1. The van der Waals surface area contributed by atoms with Gasteiger partial charge in [0, 0.05) is 18.3 Å². The number of nitrogens with one attached hydrogen (secondary N) is 2. The van der Waals surface area contributed by atoms with Gasteiger partial charge in [-0.2, -0.15) is 11.8 Å². The second-order valence-corrected chi connectivity index (χ2v) is 6.13. The predicted molar refractivity (Wildman–Crippen MR) is 77.9 cm³/mol. The zero-order valence-corrected chi connectivity index (χ0v) is 12.3. The van der Waals surface area contributed by atoms with Gasteiger partial charge in [-0.1, -0.05) is 0 Å². The Balaban J connectivity index is 1.97. The molecule has 0 spiro atoms. The molecule has 0 amide bonds. The minimum atomic E-state index is 0.722. The molecule has 1 atom stereocenters. The van der Waals surface area contributed by atoms with E-state index in [1.54, 1.807) is 6.33 Å². The number of thioether (sulfide) groups is 1. The Morgan fingerprint density at radius 3 is 2.82 bits per heavy atom. The van der Waals surface area contributed by atoms with E-state index < -0.39 is 0 Å². The van der Waals surface area contributed by atoms with Crippen LogP contribution in [0.4, 0.5) is 11.6 Å². The van der Waals surface area contributed by atoms with Crippen molar-refractivity contribution in [1.29, 1.82) is 0 Å². The monoisotopic (exact) mass is 316 g/mol. The molecular weight excluding hydrogens is 300 g/mol. The fraction of sp³-hybridized carbons (Fsp3) is 0.636. The van der Waals surface area contributed by atoms with Crippen LogP contribution in [0.1, 0.15) is 19.8 Å². The molecule has 1 fully saturated rings. The van der Waals surface area contributed by atoms with E-state index in [4.69, 9.17) is 0 Å². The van der Waals surface area contributed by atoms with Crippen molar-refractivity contribution in [2.24, 2.45) is 0 Å². The highest BCUT2D eigenvalue weighted by Gasteiger charge is 2.16. The number of hydrogen-bond acceptors (Lipinski definition) is 5. The lowest BCUT2D eigenvalue weighted by molar-refractivity contribution is 0.802. The van der Waals surface area contributed by atoms with Gasteiger partial charge < -0.3 is 10.6 Å². The lowest BCUT2D eigenvalue weighted by Gasteiger charge is -2.13. The largest absolute Gasteiger partial charge is 0.369 e. The van der Waals surface area contributed by atoms with E-state index >= 15 is 0 Å². The summed E-state index contributed by atoms with van der Waals surface area (Å²) >= 11 is 5.58. The fourth-order valence-electron chi connectivity index (χ4n) is 1.80. The summed E-state index contributed by atoms with van der Waals surface area (Å²) in [5.74, 6) is 3.02. The first-order chi connectivity index (χ1) is 8.31. The van der Waals surface area contributed by atoms with Crippen LogP contribution in [0.5, 0.6) is 0 Å². The average molecular weight is 317 g/mol. The molecule has 0 aromatic carbocycles. The van der Waals surface area contributed by atoms with E-state index in [-0.39, 0.29) is 0 Å². The third-order valence-corrected chi connectivity index (χ3v) is 4.80. The Bertz CT molecular complexity index is 368. The van der Waals surface area contributed by atoms with Gasteiger partial charge in [0.25, 0.3) is 0 Å². The standard InChI is InChI=1S/C11H17BrN4S/c1-2-13-10-9(12)11(16-7-15-10)14-6-8-4-3-5-17-8/h7-8H,2-6H2,1H3,(H2,13,14,15,16). The number of nitrogens with zero attached hydrogens (tertiary/aromatic N) is 2. The molecule has 2 heterocycles. The van der Waals surface area contributed by atoms with Crippen LogP contribution in [0.25, 0.3) is 0 Å². The van der Waals surface area contributed by atoms with Crippen LogP contribution < -0.4 is 10.6 Å². The second kappa shape index (κ2) is 6.44. The molecular formula is C11H17BrN4S. The molecule has 1 saturated heterocycles. The normalized spacial score (nSPS) is 19.3. The Morgan fingerprint density at radius 2 is 2.18 bits per heavy atom. The smallest absolute Gasteiger partial charge is 0.145 e. The molecule has 0 radical (unpaired) electrons. The molecule has 4 nitrogen and oxygen atoms in total. The molecule has 1 aliphatic heterocycles. The summed E-state index contributed by atoms with van der Waals surface area (Å²) in [6.07, 6.45) is 4.23. The van der Waals surface area contributed by atoms with Crippen LogP contribution >= 0.6 is 27.7 Å². The molecule has 17 heavy (non-hydrogen) atoms. The quantitative estimate of drug-likeness (QED) is 0.874. The van der Waals surface area contributed by atoms with Gasteiger partial charge in [-0.3, -0.25) is 0 Å². The van der Waals surface area contributed by atoms with Gasteiger partial charge in [-0.05, 0) is 41.4 Å². The maximum Gasteiger partial charge on any atom is 0.145 e. The first kappa shape index (κ1) is 13.0. The van der Waals surface area contributed by atoms with Gasteiger partial charge in [0.05, 0.1) is 0 Å². The molecule has 1 aromatic rings. The number of hydrogen-bond donors (Lipinski definition) is 2. The summed E-state index contributed by atoms with van der Waals surface area (Å²) in [6.45, 7) is 3.89. The predicted octanol–water partition coefficient (Wildman–Crippen LogP) is 2.98. The third-order valence-electron chi connectivity index (χ3n) is 2.65. The van der Waals surface area contributed by atoms with Crippen LogP contribution in [-0.2, 0) is 0 Å². The lowest BCUT2D eigenvalue weighted by atomic mass is 10.2. The van der Waals surface area contributed by atoms with Crippen molar-refractivity contribution < 1.29 is 0 Å². The van der Waals surface area contributed by atoms with Gasteiger partial charge >= 0.3 is 0 Å². The maximum atomic E-state index is 4.26. The van der Waals surface area contributed by atoms with E-state index in [2.05, 4.69) is 43.5 Å². The van der Waals surface area contributed by atoms with Crippen LogP contribution in [0.15, 0.2) is 10.8 Å². The first-order valence-electron chi connectivity index (χ1n) is 5.91. The minimum absolute atomic E-state index is 0.722.